The minimum atomic E-state index is -0.822. The van der Waals surface area contributed by atoms with Crippen LogP contribution in [-0.4, -0.2) is 48.2 Å². The molecule has 8 rings (SSSR count). The van der Waals surface area contributed by atoms with Crippen molar-refractivity contribution in [2.75, 3.05) is 14.2 Å². The quantitative estimate of drug-likeness (QED) is 0.199. The van der Waals surface area contributed by atoms with Crippen LogP contribution in [0.4, 0.5) is 0 Å². The van der Waals surface area contributed by atoms with Gasteiger partial charge in [0.1, 0.15) is 11.1 Å². The smallest absolute Gasteiger partial charge is 0.281 e. The van der Waals surface area contributed by atoms with E-state index in [0.29, 0.717) is 5.92 Å². The summed E-state index contributed by atoms with van der Waals surface area (Å²) < 4.78 is 15.3. The SMILES string of the molecule is COC1(OC)C2(C)c3c(cc(C(C)C)c4ccccc34)C3=[N+](C=NC4C3c3cc5ccccc5cc3C4(C)C)C12C. The van der Waals surface area contributed by atoms with Gasteiger partial charge in [-0.2, -0.15) is 0 Å². The fourth-order valence-corrected chi connectivity index (χ4v) is 9.52. The van der Waals surface area contributed by atoms with Gasteiger partial charge >= 0.3 is 0 Å². The monoisotopic (exact) mass is 543 g/mol. The van der Waals surface area contributed by atoms with Crippen LogP contribution >= 0.6 is 0 Å². The molecule has 4 unspecified atom stereocenters. The molecule has 4 aromatic rings. The van der Waals surface area contributed by atoms with Gasteiger partial charge in [-0.1, -0.05) is 87.3 Å². The van der Waals surface area contributed by atoms with E-state index in [2.05, 4.69) is 119 Å². The Morgan fingerprint density at radius 2 is 1.46 bits per heavy atom. The topological polar surface area (TPSA) is 33.8 Å². The number of benzene rings is 4. The highest BCUT2D eigenvalue weighted by atomic mass is 16.7. The molecule has 1 saturated carbocycles. The van der Waals surface area contributed by atoms with E-state index in [0.717, 1.165) is 0 Å². The molecule has 2 aliphatic heterocycles. The van der Waals surface area contributed by atoms with E-state index < -0.39 is 16.7 Å². The van der Waals surface area contributed by atoms with Crippen LogP contribution in [0.2, 0.25) is 0 Å². The first-order valence-electron chi connectivity index (χ1n) is 15.0. The van der Waals surface area contributed by atoms with Crippen LogP contribution in [0, 0.1) is 0 Å². The van der Waals surface area contributed by atoms with Crippen molar-refractivity contribution >= 4 is 33.6 Å². The number of hydrogen-bond acceptors (Lipinski definition) is 3. The minimum Gasteiger partial charge on any atom is -0.349 e. The fourth-order valence-electron chi connectivity index (χ4n) is 9.52. The van der Waals surface area contributed by atoms with E-state index in [9.17, 15) is 0 Å². The van der Waals surface area contributed by atoms with Crippen molar-refractivity contribution in [1.82, 2.24) is 0 Å². The first-order valence-corrected chi connectivity index (χ1v) is 15.0. The fraction of sp³-hybridized carbons (Fsp3) is 0.405. The Morgan fingerprint density at radius 3 is 2.12 bits per heavy atom. The summed E-state index contributed by atoms with van der Waals surface area (Å²) in [6.07, 6.45) is 2.12. The lowest BCUT2D eigenvalue weighted by Gasteiger charge is -2.35. The van der Waals surface area contributed by atoms with Gasteiger partial charge in [-0.25, -0.2) is 4.58 Å². The van der Waals surface area contributed by atoms with Crippen LogP contribution in [0.5, 0.6) is 0 Å². The third kappa shape index (κ3) is 2.58. The maximum atomic E-state index is 6.42. The van der Waals surface area contributed by atoms with Crippen LogP contribution in [0.3, 0.4) is 0 Å². The number of methoxy groups -OCH3 is 2. The van der Waals surface area contributed by atoms with E-state index in [1.165, 1.54) is 55.1 Å². The maximum absolute atomic E-state index is 6.42. The lowest BCUT2D eigenvalue weighted by Crippen LogP contribution is -2.50. The number of nitrogens with zero attached hydrogens (tertiary/aromatic N) is 2. The molecular weight excluding hydrogens is 504 g/mol. The molecule has 41 heavy (non-hydrogen) atoms. The van der Waals surface area contributed by atoms with Crippen molar-refractivity contribution in [2.45, 2.75) is 81.6 Å². The molecule has 1 fully saturated rings. The molecule has 0 saturated heterocycles. The minimum absolute atomic E-state index is 0.105. The van der Waals surface area contributed by atoms with Crippen molar-refractivity contribution in [3.8, 4) is 0 Å². The Balaban J connectivity index is 1.53. The summed E-state index contributed by atoms with van der Waals surface area (Å²) in [5.41, 5.74) is 7.21. The van der Waals surface area contributed by atoms with Gasteiger partial charge in [-0.15, -0.1) is 0 Å². The third-order valence-electron chi connectivity index (χ3n) is 11.6. The van der Waals surface area contributed by atoms with Crippen molar-refractivity contribution < 1.29 is 14.0 Å². The van der Waals surface area contributed by atoms with Crippen molar-refractivity contribution in [3.05, 3.63) is 94.5 Å². The summed E-state index contributed by atoms with van der Waals surface area (Å²) in [6.45, 7) is 14.0. The van der Waals surface area contributed by atoms with Gasteiger partial charge in [0.15, 0.2) is 11.6 Å². The second-order valence-corrected chi connectivity index (χ2v) is 13.8. The largest absolute Gasteiger partial charge is 0.349 e. The standard InChI is InChI=1S/C37H39N2O2/c1-21(2)26-19-28-31(25-16-12-11-15-24(25)26)35(5)36(6,37(35,40-7)41-8)39-20-38-33-30(32(28)39)27-17-22-13-9-10-14-23(22)18-29(27)34(33,3)4/h9-21,30,33H,1-8H3/q+1. The number of ether oxygens (including phenoxy) is 2. The van der Waals surface area contributed by atoms with Gasteiger partial charge in [0, 0.05) is 25.2 Å². The second-order valence-electron chi connectivity index (χ2n) is 13.8. The molecule has 4 aliphatic rings. The number of aliphatic imine (C=N–C) groups is 1. The van der Waals surface area contributed by atoms with Crippen LogP contribution in [0.15, 0.2) is 71.7 Å². The Morgan fingerprint density at radius 1 is 0.829 bits per heavy atom. The molecule has 0 radical (unpaired) electrons. The summed E-state index contributed by atoms with van der Waals surface area (Å²) in [7, 11) is 3.60. The molecule has 0 aromatic heterocycles. The third-order valence-corrected chi connectivity index (χ3v) is 11.6. The Hall–Kier alpha value is -3.34. The highest BCUT2D eigenvalue weighted by molar-refractivity contribution is 6.13. The lowest BCUT2D eigenvalue weighted by atomic mass is 9.72. The second kappa shape index (κ2) is 7.73. The molecule has 208 valence electrons. The van der Waals surface area contributed by atoms with Gasteiger partial charge in [0.2, 0.25) is 5.79 Å². The molecule has 4 heteroatoms. The Labute approximate surface area is 242 Å². The number of rotatable bonds is 3. The zero-order valence-electron chi connectivity index (χ0n) is 25.4. The normalized spacial score (nSPS) is 29.8. The molecule has 4 nitrogen and oxygen atoms in total. The van der Waals surface area contributed by atoms with E-state index in [1.54, 1.807) is 14.2 Å². The predicted molar refractivity (Wildman–Crippen MR) is 167 cm³/mol. The zero-order chi connectivity index (χ0) is 28.7. The highest BCUT2D eigenvalue weighted by Crippen LogP contribution is 2.73. The molecule has 0 amide bonds. The zero-order valence-corrected chi connectivity index (χ0v) is 25.4. The Bertz CT molecular complexity index is 1880. The number of fused-ring (bicyclic) bond motifs is 12. The summed E-state index contributed by atoms with van der Waals surface area (Å²) in [4.78, 5) is 5.38. The van der Waals surface area contributed by atoms with Crippen molar-refractivity contribution in [3.63, 3.8) is 0 Å². The maximum Gasteiger partial charge on any atom is 0.281 e. The van der Waals surface area contributed by atoms with E-state index >= 15 is 0 Å². The number of hydrogen-bond donors (Lipinski definition) is 0. The molecule has 2 heterocycles. The molecule has 0 N–H and O–H groups in total. The van der Waals surface area contributed by atoms with Gasteiger partial charge in [0.25, 0.3) is 6.34 Å². The van der Waals surface area contributed by atoms with Crippen LogP contribution in [0.1, 0.15) is 81.2 Å². The van der Waals surface area contributed by atoms with E-state index in [-0.39, 0.29) is 17.4 Å². The van der Waals surface area contributed by atoms with Gasteiger partial charge in [0.05, 0.1) is 5.92 Å². The first-order chi connectivity index (χ1) is 19.6. The van der Waals surface area contributed by atoms with Crippen molar-refractivity contribution in [1.29, 1.82) is 0 Å². The summed E-state index contributed by atoms with van der Waals surface area (Å²) >= 11 is 0. The van der Waals surface area contributed by atoms with Gasteiger partial charge in [-0.05, 0) is 75.7 Å². The molecule has 0 bridgehead atoms. The first kappa shape index (κ1) is 25.4. The van der Waals surface area contributed by atoms with Crippen LogP contribution in [0.25, 0.3) is 21.5 Å². The van der Waals surface area contributed by atoms with E-state index in [1.807, 2.05) is 0 Å². The lowest BCUT2D eigenvalue weighted by molar-refractivity contribution is -0.491. The van der Waals surface area contributed by atoms with Crippen molar-refractivity contribution in [2.24, 2.45) is 4.99 Å². The van der Waals surface area contributed by atoms with Crippen LogP contribution < -0.4 is 0 Å². The average molecular weight is 544 g/mol. The summed E-state index contributed by atoms with van der Waals surface area (Å²) in [5, 5.41) is 5.21. The Kier molecular flexibility index (Phi) is 4.78. The molecule has 2 aliphatic carbocycles. The molecule has 0 spiro atoms. The van der Waals surface area contributed by atoms with Gasteiger partial charge in [-0.3, -0.25) is 0 Å². The molecular formula is C37H39N2O2+. The highest BCUT2D eigenvalue weighted by Gasteiger charge is 2.93. The van der Waals surface area contributed by atoms with Gasteiger partial charge < -0.3 is 9.47 Å². The summed E-state index contributed by atoms with van der Waals surface area (Å²) in [6, 6.07) is 25.2. The predicted octanol–water partition coefficient (Wildman–Crippen LogP) is 7.44. The average Bonchev–Trinajstić information content (AvgIpc) is 3.33. The van der Waals surface area contributed by atoms with Crippen LogP contribution in [-0.2, 0) is 20.3 Å². The van der Waals surface area contributed by atoms with E-state index in [4.69, 9.17) is 14.5 Å². The molecule has 4 atom stereocenters. The molecule has 4 aromatic carbocycles. The summed E-state index contributed by atoms with van der Waals surface area (Å²) in [5.74, 6) is -0.306.